The predicted molar refractivity (Wildman–Crippen MR) is 124 cm³/mol. The number of hydrogen-bond acceptors (Lipinski definition) is 8. The maximum atomic E-state index is 13.8. The predicted octanol–water partition coefficient (Wildman–Crippen LogP) is 5.67. The molecule has 172 valence electrons. The largest absolute Gasteiger partial charge is 0.478 e. The van der Waals surface area contributed by atoms with Gasteiger partial charge in [0, 0.05) is 4.88 Å². The molecule has 2 atom stereocenters. The maximum absolute atomic E-state index is 13.8. The van der Waals surface area contributed by atoms with Gasteiger partial charge in [0.15, 0.2) is 17.7 Å². The van der Waals surface area contributed by atoms with Gasteiger partial charge in [0.1, 0.15) is 11.1 Å². The molecule has 0 saturated carbocycles. The van der Waals surface area contributed by atoms with Crippen LogP contribution in [0.3, 0.4) is 0 Å². The molecule has 2 aromatic heterocycles. The number of nitriles is 1. The molecule has 0 fully saturated rings. The SMILES string of the molecule is CC(Sc1nnc(C(C)Oc2ccccc2F)o1)C(=O)Nc1sc2c(c1C#N)CCCCC2. The summed E-state index contributed by atoms with van der Waals surface area (Å²) in [5.74, 6) is -0.454. The minimum atomic E-state index is -0.660. The quantitative estimate of drug-likeness (QED) is 0.339. The number of aromatic nitrogens is 2. The van der Waals surface area contributed by atoms with E-state index in [2.05, 4.69) is 21.6 Å². The molecule has 1 aliphatic carbocycles. The molecule has 4 rings (SSSR count). The lowest BCUT2D eigenvalue weighted by molar-refractivity contribution is -0.115. The van der Waals surface area contributed by atoms with Crippen LogP contribution in [0.2, 0.25) is 0 Å². The molecule has 1 amide bonds. The molecule has 0 bridgehead atoms. The lowest BCUT2D eigenvalue weighted by Crippen LogP contribution is -2.22. The van der Waals surface area contributed by atoms with Crippen molar-refractivity contribution in [3.05, 3.63) is 52.0 Å². The molecule has 1 aliphatic rings. The van der Waals surface area contributed by atoms with Gasteiger partial charge in [0.05, 0.1) is 10.8 Å². The Bertz CT molecular complexity index is 1190. The molecule has 7 nitrogen and oxygen atoms in total. The van der Waals surface area contributed by atoms with E-state index in [-0.39, 0.29) is 22.8 Å². The number of hydrogen-bond donors (Lipinski definition) is 1. The Morgan fingerprint density at radius 2 is 2.06 bits per heavy atom. The number of carbonyl (C=O) groups excluding carboxylic acids is 1. The number of para-hydroxylation sites is 1. The standard InChI is InChI=1S/C23H23FN4O3S2/c1-13(30-18-10-7-6-9-17(18)24)21-27-28-23(31-21)32-14(2)20(29)26-22-16(12-25)15-8-4-3-5-11-19(15)33-22/h6-7,9-10,13-14H,3-5,8,11H2,1-2H3,(H,26,29). The van der Waals surface area contributed by atoms with Gasteiger partial charge in [-0.05, 0) is 57.2 Å². The first kappa shape index (κ1) is 23.3. The summed E-state index contributed by atoms with van der Waals surface area (Å²) in [6.07, 6.45) is 4.51. The fourth-order valence-corrected chi connectivity index (χ4v) is 5.51. The van der Waals surface area contributed by atoms with E-state index in [9.17, 15) is 14.4 Å². The number of anilines is 1. The Balaban J connectivity index is 1.39. The van der Waals surface area contributed by atoms with E-state index in [0.29, 0.717) is 10.6 Å². The van der Waals surface area contributed by atoms with Crippen molar-refractivity contribution < 1.29 is 18.3 Å². The minimum absolute atomic E-state index is 0.0905. The second-order valence-electron chi connectivity index (χ2n) is 7.73. The molecule has 3 aromatic rings. The number of nitrogens with zero attached hydrogens (tertiary/aromatic N) is 3. The van der Waals surface area contributed by atoms with Crippen molar-refractivity contribution in [1.29, 1.82) is 5.26 Å². The lowest BCUT2D eigenvalue weighted by atomic mass is 10.1. The number of rotatable bonds is 7. The van der Waals surface area contributed by atoms with Gasteiger partial charge in [0.25, 0.3) is 11.1 Å². The van der Waals surface area contributed by atoms with Crippen LogP contribution in [0.4, 0.5) is 9.39 Å². The Morgan fingerprint density at radius 3 is 2.85 bits per heavy atom. The van der Waals surface area contributed by atoms with E-state index in [4.69, 9.17) is 9.15 Å². The fraction of sp³-hybridized carbons (Fsp3) is 0.391. The first-order chi connectivity index (χ1) is 16.0. The van der Waals surface area contributed by atoms with Crippen LogP contribution >= 0.6 is 23.1 Å². The summed E-state index contributed by atoms with van der Waals surface area (Å²) in [4.78, 5) is 14.0. The number of halogens is 1. The number of ether oxygens (including phenoxy) is 1. The topological polar surface area (TPSA) is 101 Å². The molecular formula is C23H23FN4O3S2. The van der Waals surface area contributed by atoms with E-state index in [1.54, 1.807) is 26.0 Å². The van der Waals surface area contributed by atoms with Crippen molar-refractivity contribution in [3.8, 4) is 11.8 Å². The van der Waals surface area contributed by atoms with Crippen molar-refractivity contribution >= 4 is 34.0 Å². The van der Waals surface area contributed by atoms with E-state index in [0.717, 1.165) is 49.4 Å². The smallest absolute Gasteiger partial charge is 0.277 e. The molecule has 0 saturated heterocycles. The number of fused-ring (bicyclic) bond motifs is 1. The van der Waals surface area contributed by atoms with Crippen LogP contribution < -0.4 is 10.1 Å². The van der Waals surface area contributed by atoms with Crippen LogP contribution in [0.1, 0.15) is 61.1 Å². The van der Waals surface area contributed by atoms with Crippen molar-refractivity contribution in [2.75, 3.05) is 5.32 Å². The highest BCUT2D eigenvalue weighted by atomic mass is 32.2. The molecule has 10 heteroatoms. The Labute approximate surface area is 199 Å². The summed E-state index contributed by atoms with van der Waals surface area (Å²) in [5, 5.41) is 20.8. The van der Waals surface area contributed by atoms with Gasteiger partial charge in [-0.25, -0.2) is 4.39 Å². The molecule has 1 N–H and O–H groups in total. The van der Waals surface area contributed by atoms with Crippen molar-refractivity contribution in [3.63, 3.8) is 0 Å². The summed E-state index contributed by atoms with van der Waals surface area (Å²) < 4.78 is 25.0. The van der Waals surface area contributed by atoms with Gasteiger partial charge in [-0.3, -0.25) is 4.79 Å². The summed E-state index contributed by atoms with van der Waals surface area (Å²) >= 11 is 2.61. The molecule has 0 spiro atoms. The summed E-state index contributed by atoms with van der Waals surface area (Å²) in [7, 11) is 0. The van der Waals surface area contributed by atoms with Crippen molar-refractivity contribution in [2.45, 2.75) is 62.5 Å². The molecule has 2 heterocycles. The number of benzene rings is 1. The maximum Gasteiger partial charge on any atom is 0.277 e. The first-order valence-electron chi connectivity index (χ1n) is 10.7. The average molecular weight is 487 g/mol. The molecule has 33 heavy (non-hydrogen) atoms. The van der Waals surface area contributed by atoms with Gasteiger partial charge >= 0.3 is 0 Å². The lowest BCUT2D eigenvalue weighted by Gasteiger charge is -2.11. The zero-order valence-electron chi connectivity index (χ0n) is 18.3. The molecule has 2 unspecified atom stereocenters. The van der Waals surface area contributed by atoms with Crippen molar-refractivity contribution in [2.24, 2.45) is 0 Å². The number of thioether (sulfide) groups is 1. The van der Waals surface area contributed by atoms with Gasteiger partial charge in [-0.2, -0.15) is 5.26 Å². The Kier molecular flexibility index (Phi) is 7.30. The third kappa shape index (κ3) is 5.37. The highest BCUT2D eigenvalue weighted by Crippen LogP contribution is 2.37. The second kappa shape index (κ2) is 10.4. The molecular weight excluding hydrogens is 463 g/mol. The van der Waals surface area contributed by atoms with Crippen molar-refractivity contribution in [1.82, 2.24) is 10.2 Å². The van der Waals surface area contributed by atoms with Gasteiger partial charge in [-0.15, -0.1) is 21.5 Å². The van der Waals surface area contributed by atoms with Gasteiger partial charge in [-0.1, -0.05) is 30.3 Å². The van der Waals surface area contributed by atoms with E-state index < -0.39 is 17.2 Å². The Hall–Kier alpha value is -2.90. The molecule has 0 aliphatic heterocycles. The zero-order valence-corrected chi connectivity index (χ0v) is 19.9. The average Bonchev–Trinajstić information content (AvgIpc) is 3.32. The summed E-state index contributed by atoms with van der Waals surface area (Å²) in [6.45, 7) is 3.41. The molecule has 0 radical (unpaired) electrons. The van der Waals surface area contributed by atoms with Crippen LogP contribution in [0.15, 0.2) is 33.9 Å². The second-order valence-corrected chi connectivity index (χ2v) is 10.1. The minimum Gasteiger partial charge on any atom is -0.478 e. The van der Waals surface area contributed by atoms with Crippen LogP contribution in [-0.2, 0) is 17.6 Å². The van der Waals surface area contributed by atoms with E-state index >= 15 is 0 Å². The van der Waals surface area contributed by atoms with Crippen LogP contribution in [0.5, 0.6) is 5.75 Å². The number of amides is 1. The van der Waals surface area contributed by atoms with Crippen LogP contribution in [0, 0.1) is 17.1 Å². The third-order valence-electron chi connectivity index (χ3n) is 5.33. The normalized spacial score (nSPS) is 15.1. The number of carbonyl (C=O) groups is 1. The number of nitrogens with one attached hydrogen (secondary N) is 1. The highest BCUT2D eigenvalue weighted by molar-refractivity contribution is 8.00. The zero-order chi connectivity index (χ0) is 23.4. The third-order valence-corrected chi connectivity index (χ3v) is 7.47. The monoisotopic (exact) mass is 486 g/mol. The first-order valence-corrected chi connectivity index (χ1v) is 12.4. The number of aryl methyl sites for hydroxylation is 1. The summed E-state index contributed by atoms with van der Waals surface area (Å²) in [6, 6.07) is 8.34. The van der Waals surface area contributed by atoms with E-state index in [1.807, 2.05) is 0 Å². The molecule has 1 aromatic carbocycles. The van der Waals surface area contributed by atoms with Gasteiger partial charge < -0.3 is 14.5 Å². The number of thiophene rings is 1. The van der Waals surface area contributed by atoms with Gasteiger partial charge in [0.2, 0.25) is 5.91 Å². The van der Waals surface area contributed by atoms with Crippen LogP contribution in [0.25, 0.3) is 0 Å². The van der Waals surface area contributed by atoms with Crippen LogP contribution in [-0.4, -0.2) is 21.4 Å². The summed E-state index contributed by atoms with van der Waals surface area (Å²) in [5.41, 5.74) is 1.67. The fourth-order valence-electron chi connectivity index (χ4n) is 3.58. The highest BCUT2D eigenvalue weighted by Gasteiger charge is 2.25. The van der Waals surface area contributed by atoms with E-state index in [1.165, 1.54) is 28.3 Å². The Morgan fingerprint density at radius 1 is 1.27 bits per heavy atom.